The lowest BCUT2D eigenvalue weighted by molar-refractivity contribution is -0.140. The van der Waals surface area contributed by atoms with Crippen LogP contribution in [-0.2, 0) is 4.79 Å². The van der Waals surface area contributed by atoms with Crippen molar-refractivity contribution in [3.8, 4) is 0 Å². The second-order valence-corrected chi connectivity index (χ2v) is 5.35. The molecule has 1 aliphatic heterocycles. The van der Waals surface area contributed by atoms with E-state index in [1.54, 1.807) is 0 Å². The Labute approximate surface area is 104 Å². The fourth-order valence-electron chi connectivity index (χ4n) is 2.44. The summed E-state index contributed by atoms with van der Waals surface area (Å²) in [5.74, 6) is 0.258. The summed E-state index contributed by atoms with van der Waals surface area (Å²) in [4.78, 5) is 14.2. The van der Waals surface area contributed by atoms with Crippen LogP contribution >= 0.6 is 0 Å². The van der Waals surface area contributed by atoms with Crippen molar-refractivity contribution in [3.63, 3.8) is 0 Å². The molecule has 0 bridgehead atoms. The second-order valence-electron chi connectivity index (χ2n) is 5.35. The third-order valence-corrected chi connectivity index (χ3v) is 3.61. The number of aliphatic hydroxyl groups excluding tert-OH is 1. The van der Waals surface area contributed by atoms with Gasteiger partial charge in [0, 0.05) is 26.7 Å². The number of hydrogen-bond donors (Lipinski definition) is 2. The maximum absolute atomic E-state index is 12.3. The number of rotatable bonds is 6. The van der Waals surface area contributed by atoms with E-state index in [4.69, 9.17) is 5.11 Å². The van der Waals surface area contributed by atoms with E-state index in [9.17, 15) is 4.79 Å². The molecule has 1 aliphatic rings. The zero-order valence-electron chi connectivity index (χ0n) is 11.2. The number of amides is 1. The molecule has 17 heavy (non-hydrogen) atoms. The Balaban J connectivity index is 2.34. The zero-order chi connectivity index (χ0) is 12.7. The lowest BCUT2D eigenvalue weighted by atomic mass is 9.81. The summed E-state index contributed by atoms with van der Waals surface area (Å²) in [7, 11) is 1.89. The van der Waals surface area contributed by atoms with E-state index in [0.717, 1.165) is 51.7 Å². The van der Waals surface area contributed by atoms with Gasteiger partial charge in [0.1, 0.15) is 0 Å². The highest BCUT2D eigenvalue weighted by Crippen LogP contribution is 2.27. The summed E-state index contributed by atoms with van der Waals surface area (Å²) in [6, 6.07) is 0. The molecule has 0 aromatic carbocycles. The highest BCUT2D eigenvalue weighted by molar-refractivity contribution is 5.82. The van der Waals surface area contributed by atoms with Crippen LogP contribution in [0.25, 0.3) is 0 Å². The SMILES string of the molecule is CN(CCCCCO)C(=O)C1(C)CCCNC1. The number of nitrogens with zero attached hydrogens (tertiary/aromatic N) is 1. The fraction of sp³-hybridized carbons (Fsp3) is 0.923. The van der Waals surface area contributed by atoms with E-state index in [0.29, 0.717) is 0 Å². The normalized spacial score (nSPS) is 24.6. The standard InChI is InChI=1S/C13H26N2O2/c1-13(7-6-8-14-11-13)12(17)15(2)9-4-3-5-10-16/h14,16H,3-11H2,1-2H3. The van der Waals surface area contributed by atoms with Crippen LogP contribution in [0.5, 0.6) is 0 Å². The smallest absolute Gasteiger partial charge is 0.229 e. The minimum atomic E-state index is -0.218. The maximum atomic E-state index is 12.3. The lowest BCUT2D eigenvalue weighted by Gasteiger charge is -2.36. The Morgan fingerprint density at radius 2 is 2.18 bits per heavy atom. The number of aliphatic hydroxyl groups is 1. The fourth-order valence-corrected chi connectivity index (χ4v) is 2.44. The molecule has 1 fully saturated rings. The van der Waals surface area contributed by atoms with Gasteiger partial charge in [0.25, 0.3) is 0 Å². The predicted molar refractivity (Wildman–Crippen MR) is 68.8 cm³/mol. The van der Waals surface area contributed by atoms with Gasteiger partial charge in [-0.1, -0.05) is 0 Å². The molecule has 1 rings (SSSR count). The number of unbranched alkanes of at least 4 members (excludes halogenated alkanes) is 2. The van der Waals surface area contributed by atoms with Crippen molar-refractivity contribution in [1.29, 1.82) is 0 Å². The van der Waals surface area contributed by atoms with Crippen molar-refractivity contribution in [2.75, 3.05) is 33.3 Å². The average molecular weight is 242 g/mol. The third kappa shape index (κ3) is 4.28. The molecule has 0 aliphatic carbocycles. The quantitative estimate of drug-likeness (QED) is 0.683. The topological polar surface area (TPSA) is 52.6 Å². The first-order valence-electron chi connectivity index (χ1n) is 6.67. The van der Waals surface area contributed by atoms with E-state index < -0.39 is 0 Å². The van der Waals surface area contributed by atoms with Crippen LogP contribution in [0.15, 0.2) is 0 Å². The van der Waals surface area contributed by atoms with Crippen molar-refractivity contribution < 1.29 is 9.90 Å². The Morgan fingerprint density at radius 3 is 2.76 bits per heavy atom. The average Bonchev–Trinajstić information content (AvgIpc) is 2.34. The number of carbonyl (C=O) groups excluding carboxylic acids is 1. The molecular formula is C13H26N2O2. The molecular weight excluding hydrogens is 216 g/mol. The minimum absolute atomic E-state index is 0.218. The van der Waals surface area contributed by atoms with Gasteiger partial charge in [-0.05, 0) is 45.6 Å². The summed E-state index contributed by atoms with van der Waals surface area (Å²) in [5.41, 5.74) is -0.218. The molecule has 1 saturated heterocycles. The molecule has 0 spiro atoms. The van der Waals surface area contributed by atoms with E-state index >= 15 is 0 Å². The summed E-state index contributed by atoms with van der Waals surface area (Å²) in [6.07, 6.45) is 4.87. The second kappa shape index (κ2) is 6.97. The van der Waals surface area contributed by atoms with Crippen molar-refractivity contribution in [2.24, 2.45) is 5.41 Å². The summed E-state index contributed by atoms with van der Waals surface area (Å²) in [6.45, 7) is 4.94. The third-order valence-electron chi connectivity index (χ3n) is 3.61. The van der Waals surface area contributed by atoms with Gasteiger partial charge in [-0.2, -0.15) is 0 Å². The van der Waals surface area contributed by atoms with Crippen LogP contribution in [0.2, 0.25) is 0 Å². The molecule has 0 radical (unpaired) electrons. The van der Waals surface area contributed by atoms with Gasteiger partial charge < -0.3 is 15.3 Å². The molecule has 1 amide bonds. The monoisotopic (exact) mass is 242 g/mol. The minimum Gasteiger partial charge on any atom is -0.396 e. The van der Waals surface area contributed by atoms with Crippen LogP contribution in [-0.4, -0.2) is 49.2 Å². The van der Waals surface area contributed by atoms with Crippen molar-refractivity contribution in [2.45, 2.75) is 39.0 Å². The van der Waals surface area contributed by atoms with E-state index in [2.05, 4.69) is 12.2 Å². The highest BCUT2D eigenvalue weighted by atomic mass is 16.2. The lowest BCUT2D eigenvalue weighted by Crippen LogP contribution is -2.49. The molecule has 2 N–H and O–H groups in total. The van der Waals surface area contributed by atoms with Gasteiger partial charge in [-0.25, -0.2) is 0 Å². The van der Waals surface area contributed by atoms with Gasteiger partial charge in [0.15, 0.2) is 0 Å². The molecule has 0 aromatic rings. The van der Waals surface area contributed by atoms with Crippen molar-refractivity contribution in [1.82, 2.24) is 10.2 Å². The molecule has 1 atom stereocenters. The number of hydrogen-bond acceptors (Lipinski definition) is 3. The van der Waals surface area contributed by atoms with Crippen molar-refractivity contribution >= 4 is 5.91 Å². The molecule has 4 heteroatoms. The molecule has 4 nitrogen and oxygen atoms in total. The number of carbonyl (C=O) groups is 1. The molecule has 1 heterocycles. The van der Waals surface area contributed by atoms with Crippen LogP contribution in [0.4, 0.5) is 0 Å². The Bertz CT molecular complexity index is 238. The molecule has 0 saturated carbocycles. The first-order chi connectivity index (χ1) is 8.10. The Hall–Kier alpha value is -0.610. The van der Waals surface area contributed by atoms with E-state index in [1.807, 2.05) is 11.9 Å². The van der Waals surface area contributed by atoms with E-state index in [-0.39, 0.29) is 17.9 Å². The van der Waals surface area contributed by atoms with Gasteiger partial charge in [-0.15, -0.1) is 0 Å². The van der Waals surface area contributed by atoms with Crippen molar-refractivity contribution in [3.05, 3.63) is 0 Å². The van der Waals surface area contributed by atoms with Crippen LogP contribution in [0.3, 0.4) is 0 Å². The van der Waals surface area contributed by atoms with E-state index in [1.165, 1.54) is 0 Å². The molecule has 100 valence electrons. The summed E-state index contributed by atoms with van der Waals surface area (Å²) < 4.78 is 0. The highest BCUT2D eigenvalue weighted by Gasteiger charge is 2.36. The van der Waals surface area contributed by atoms with Crippen LogP contribution in [0, 0.1) is 5.41 Å². The molecule has 0 aromatic heterocycles. The summed E-state index contributed by atoms with van der Waals surface area (Å²) >= 11 is 0. The first kappa shape index (κ1) is 14.5. The maximum Gasteiger partial charge on any atom is 0.229 e. The Morgan fingerprint density at radius 1 is 1.41 bits per heavy atom. The van der Waals surface area contributed by atoms with Crippen LogP contribution in [0.1, 0.15) is 39.0 Å². The molecule has 1 unspecified atom stereocenters. The Kier molecular flexibility index (Phi) is 5.92. The first-order valence-corrected chi connectivity index (χ1v) is 6.67. The predicted octanol–water partition coefficient (Wildman–Crippen LogP) is 0.997. The number of piperidine rings is 1. The summed E-state index contributed by atoms with van der Waals surface area (Å²) in [5, 5.41) is 12.0. The van der Waals surface area contributed by atoms with Gasteiger partial charge in [0.05, 0.1) is 5.41 Å². The van der Waals surface area contributed by atoms with Gasteiger partial charge >= 0.3 is 0 Å². The number of nitrogens with one attached hydrogen (secondary N) is 1. The van der Waals surface area contributed by atoms with Gasteiger partial charge in [-0.3, -0.25) is 4.79 Å². The van der Waals surface area contributed by atoms with Gasteiger partial charge in [0.2, 0.25) is 5.91 Å². The largest absolute Gasteiger partial charge is 0.396 e. The zero-order valence-corrected chi connectivity index (χ0v) is 11.2. The van der Waals surface area contributed by atoms with Crippen LogP contribution < -0.4 is 5.32 Å².